The van der Waals surface area contributed by atoms with Crippen molar-refractivity contribution in [2.45, 2.75) is 12.5 Å². The van der Waals surface area contributed by atoms with Crippen LogP contribution in [0.25, 0.3) is 10.4 Å². The zero-order valence-electron chi connectivity index (χ0n) is 8.74. The van der Waals surface area contributed by atoms with Gasteiger partial charge in [0.25, 0.3) is 0 Å². The van der Waals surface area contributed by atoms with E-state index in [0.29, 0.717) is 17.1 Å². The summed E-state index contributed by atoms with van der Waals surface area (Å²) in [5, 5.41) is 12.1. The molecule has 0 radical (unpaired) electrons. The first-order chi connectivity index (χ1) is 8.20. The summed E-state index contributed by atoms with van der Waals surface area (Å²) in [7, 11) is 0. The van der Waals surface area contributed by atoms with E-state index in [-0.39, 0.29) is 13.2 Å². The molecule has 0 saturated heterocycles. The van der Waals surface area contributed by atoms with E-state index in [9.17, 15) is 4.79 Å². The number of carboxylic acid groups (broad SMARTS) is 1. The van der Waals surface area contributed by atoms with Crippen molar-refractivity contribution in [3.63, 3.8) is 0 Å². The van der Waals surface area contributed by atoms with Gasteiger partial charge in [-0.25, -0.2) is 0 Å². The molecule has 1 aromatic rings. The van der Waals surface area contributed by atoms with E-state index in [1.807, 2.05) is 0 Å². The van der Waals surface area contributed by atoms with Gasteiger partial charge in [0.05, 0.1) is 0 Å². The Kier molecular flexibility index (Phi) is 3.02. The summed E-state index contributed by atoms with van der Waals surface area (Å²) < 4.78 is 10.3. The van der Waals surface area contributed by atoms with Crippen LogP contribution in [0.1, 0.15) is 5.56 Å². The lowest BCUT2D eigenvalue weighted by molar-refractivity contribution is -0.138. The zero-order valence-corrected chi connectivity index (χ0v) is 8.74. The highest BCUT2D eigenvalue weighted by Crippen LogP contribution is 2.32. The number of azide groups is 1. The van der Waals surface area contributed by atoms with Crippen LogP contribution in [0.5, 0.6) is 11.5 Å². The average molecular weight is 235 g/mol. The van der Waals surface area contributed by atoms with Crippen molar-refractivity contribution < 1.29 is 19.4 Å². The number of hydrogen-bond acceptors (Lipinski definition) is 4. The number of ether oxygens (including phenoxy) is 2. The molecule has 1 aliphatic rings. The fraction of sp³-hybridized carbons (Fsp3) is 0.300. The molecule has 1 atom stereocenters. The predicted molar refractivity (Wildman–Crippen MR) is 56.8 cm³/mol. The maximum absolute atomic E-state index is 10.8. The van der Waals surface area contributed by atoms with Crippen molar-refractivity contribution in [3.05, 3.63) is 34.2 Å². The molecule has 1 heterocycles. The van der Waals surface area contributed by atoms with Gasteiger partial charge in [-0.2, -0.15) is 0 Å². The van der Waals surface area contributed by atoms with Crippen molar-refractivity contribution >= 4 is 5.97 Å². The van der Waals surface area contributed by atoms with Gasteiger partial charge in [0.1, 0.15) is 6.04 Å². The smallest absolute Gasteiger partial charge is 0.312 e. The van der Waals surface area contributed by atoms with E-state index < -0.39 is 12.0 Å². The zero-order chi connectivity index (χ0) is 12.3. The number of nitrogens with zero attached hydrogens (tertiary/aromatic N) is 3. The van der Waals surface area contributed by atoms with E-state index in [4.69, 9.17) is 20.1 Å². The van der Waals surface area contributed by atoms with Crippen molar-refractivity contribution in [3.8, 4) is 11.5 Å². The number of carboxylic acids is 1. The Morgan fingerprint density at radius 1 is 1.53 bits per heavy atom. The lowest BCUT2D eigenvalue weighted by Gasteiger charge is -2.06. The second-order valence-corrected chi connectivity index (χ2v) is 3.45. The maximum atomic E-state index is 10.8. The molecule has 88 valence electrons. The Bertz CT molecular complexity index is 494. The predicted octanol–water partition coefficient (Wildman–Crippen LogP) is 1.72. The molecular formula is C10H9N3O4. The summed E-state index contributed by atoms with van der Waals surface area (Å²) in [6.07, 6.45) is 0.121. The third-order valence-corrected chi connectivity index (χ3v) is 2.34. The molecule has 2 rings (SSSR count). The lowest BCUT2D eigenvalue weighted by Crippen LogP contribution is -2.19. The van der Waals surface area contributed by atoms with Gasteiger partial charge in [-0.3, -0.25) is 4.79 Å². The first-order valence-electron chi connectivity index (χ1n) is 4.86. The molecule has 0 bridgehead atoms. The molecule has 1 aliphatic heterocycles. The van der Waals surface area contributed by atoms with E-state index in [2.05, 4.69) is 10.0 Å². The van der Waals surface area contributed by atoms with Crippen LogP contribution in [0.15, 0.2) is 23.3 Å². The van der Waals surface area contributed by atoms with Gasteiger partial charge in [0.15, 0.2) is 11.5 Å². The largest absolute Gasteiger partial charge is 0.481 e. The number of rotatable bonds is 4. The lowest BCUT2D eigenvalue weighted by atomic mass is 10.1. The van der Waals surface area contributed by atoms with Crippen LogP contribution in [0, 0.1) is 0 Å². The summed E-state index contributed by atoms with van der Waals surface area (Å²) >= 11 is 0. The Labute approximate surface area is 96.2 Å². The molecule has 0 amide bonds. The van der Waals surface area contributed by atoms with Crippen LogP contribution >= 0.6 is 0 Å². The quantitative estimate of drug-likeness (QED) is 0.487. The van der Waals surface area contributed by atoms with Crippen LogP contribution in [0.4, 0.5) is 0 Å². The average Bonchev–Trinajstić information content (AvgIpc) is 2.75. The highest BCUT2D eigenvalue weighted by Gasteiger charge is 2.19. The molecule has 0 spiro atoms. The Morgan fingerprint density at radius 3 is 3.00 bits per heavy atom. The third-order valence-electron chi connectivity index (χ3n) is 2.34. The number of carbonyl (C=O) groups is 1. The Hall–Kier alpha value is -2.40. The van der Waals surface area contributed by atoms with Gasteiger partial charge in [0.2, 0.25) is 6.79 Å². The summed E-state index contributed by atoms with van der Waals surface area (Å²) in [4.78, 5) is 13.3. The fourth-order valence-electron chi connectivity index (χ4n) is 1.53. The molecule has 0 aromatic heterocycles. The first kappa shape index (κ1) is 11.1. The standard InChI is InChI=1S/C10H9N3O4/c11-13-12-7(10(14)15)3-6-1-2-8-9(4-6)17-5-16-8/h1-2,4,7H,3,5H2,(H,14,15). The Balaban J connectivity index is 2.17. The molecule has 1 aromatic carbocycles. The van der Waals surface area contributed by atoms with Crippen molar-refractivity contribution in [2.75, 3.05) is 6.79 Å². The minimum absolute atomic E-state index is 0.121. The molecule has 0 fully saturated rings. The number of hydrogen-bond donors (Lipinski definition) is 1. The van der Waals surface area contributed by atoms with Gasteiger partial charge in [-0.05, 0) is 29.6 Å². The van der Waals surface area contributed by atoms with E-state index in [1.54, 1.807) is 18.2 Å². The van der Waals surface area contributed by atoms with Gasteiger partial charge in [0, 0.05) is 4.91 Å². The Morgan fingerprint density at radius 2 is 2.29 bits per heavy atom. The molecule has 7 heteroatoms. The van der Waals surface area contributed by atoms with Crippen molar-refractivity contribution in [2.24, 2.45) is 5.11 Å². The minimum atomic E-state index is -1.15. The molecule has 17 heavy (non-hydrogen) atoms. The second kappa shape index (κ2) is 4.63. The SMILES string of the molecule is [N-]=[N+]=NC(Cc1ccc2c(c1)OCO2)C(=O)O. The second-order valence-electron chi connectivity index (χ2n) is 3.45. The maximum Gasteiger partial charge on any atom is 0.312 e. The summed E-state index contributed by atoms with van der Waals surface area (Å²) in [6, 6.07) is 3.99. The fourth-order valence-corrected chi connectivity index (χ4v) is 1.53. The summed E-state index contributed by atoms with van der Waals surface area (Å²) in [5.74, 6) is 0.0532. The van der Waals surface area contributed by atoms with Crippen LogP contribution < -0.4 is 9.47 Å². The molecule has 1 unspecified atom stereocenters. The van der Waals surface area contributed by atoms with Crippen molar-refractivity contribution in [1.82, 2.24) is 0 Å². The van der Waals surface area contributed by atoms with E-state index in [1.165, 1.54) is 0 Å². The third kappa shape index (κ3) is 2.40. The van der Waals surface area contributed by atoms with E-state index in [0.717, 1.165) is 0 Å². The van der Waals surface area contributed by atoms with Gasteiger partial charge < -0.3 is 14.6 Å². The number of fused-ring (bicyclic) bond motifs is 1. The normalized spacial score (nSPS) is 13.9. The summed E-state index contributed by atoms with van der Waals surface area (Å²) in [6.45, 7) is 0.164. The van der Waals surface area contributed by atoms with Gasteiger partial charge in [-0.1, -0.05) is 11.2 Å². The monoisotopic (exact) mass is 235 g/mol. The molecule has 1 N–H and O–H groups in total. The number of benzene rings is 1. The molecule has 0 saturated carbocycles. The summed E-state index contributed by atoms with van der Waals surface area (Å²) in [5.41, 5.74) is 8.99. The molecule has 0 aliphatic carbocycles. The number of aliphatic carboxylic acids is 1. The van der Waals surface area contributed by atoms with Crippen LogP contribution in [0.3, 0.4) is 0 Å². The minimum Gasteiger partial charge on any atom is -0.481 e. The van der Waals surface area contributed by atoms with E-state index >= 15 is 0 Å². The van der Waals surface area contributed by atoms with Crippen LogP contribution in [-0.4, -0.2) is 23.9 Å². The van der Waals surface area contributed by atoms with Crippen LogP contribution in [0.2, 0.25) is 0 Å². The molecular weight excluding hydrogens is 226 g/mol. The highest BCUT2D eigenvalue weighted by atomic mass is 16.7. The van der Waals surface area contributed by atoms with Gasteiger partial charge >= 0.3 is 5.97 Å². The highest BCUT2D eigenvalue weighted by molar-refractivity contribution is 5.74. The van der Waals surface area contributed by atoms with Crippen molar-refractivity contribution in [1.29, 1.82) is 0 Å². The topological polar surface area (TPSA) is 105 Å². The van der Waals surface area contributed by atoms with Crippen LogP contribution in [-0.2, 0) is 11.2 Å². The van der Waals surface area contributed by atoms with Gasteiger partial charge in [-0.15, -0.1) is 0 Å². The molecule has 7 nitrogen and oxygen atoms in total. The first-order valence-corrected chi connectivity index (χ1v) is 4.86.